The Hall–Kier alpha value is -2.05. The number of rotatable bonds is 4. The molecule has 0 bridgehead atoms. The molecule has 3 unspecified atom stereocenters. The molecular weight excluding hydrogens is 304 g/mol. The summed E-state index contributed by atoms with van der Waals surface area (Å²) in [6, 6.07) is 0.972. The highest BCUT2D eigenvalue weighted by Crippen LogP contribution is 2.30. The minimum absolute atomic E-state index is 0.688. The van der Waals surface area contributed by atoms with Gasteiger partial charge in [0.1, 0.15) is 24.4 Å². The van der Waals surface area contributed by atoms with Crippen molar-refractivity contribution in [1.82, 2.24) is 9.55 Å². The molecular formula is C11H14N2O9. The Balaban J connectivity index is 2.28. The maximum Gasteiger partial charge on any atom is 0.335 e. The number of carbonyl (C=O) groups is 1. The molecule has 11 nitrogen and oxygen atoms in total. The summed E-state index contributed by atoms with van der Waals surface area (Å²) in [6.07, 6.45) is -9.85. The molecule has 11 heteroatoms. The van der Waals surface area contributed by atoms with Gasteiger partial charge in [0, 0.05) is 12.3 Å². The number of aromatic nitrogens is 2. The second-order valence-corrected chi connectivity index (χ2v) is 4.76. The Kier molecular flexibility index (Phi) is 4.44. The summed E-state index contributed by atoms with van der Waals surface area (Å²) in [6.45, 7) is 0. The van der Waals surface area contributed by atoms with Crippen molar-refractivity contribution < 1.29 is 35.1 Å². The van der Waals surface area contributed by atoms with Crippen LogP contribution in [0.15, 0.2) is 21.9 Å². The van der Waals surface area contributed by atoms with Gasteiger partial charge in [0.15, 0.2) is 12.3 Å². The topological polar surface area (TPSA) is 182 Å². The number of H-pyrrole nitrogens is 1. The predicted octanol–water partition coefficient (Wildman–Crippen LogP) is -4.04. The van der Waals surface area contributed by atoms with E-state index < -0.39 is 54.0 Å². The van der Waals surface area contributed by atoms with Gasteiger partial charge >= 0.3 is 11.7 Å². The highest BCUT2D eigenvalue weighted by molar-refractivity contribution is 5.72. The van der Waals surface area contributed by atoms with Crippen LogP contribution in [0.2, 0.25) is 0 Å². The maximum atomic E-state index is 11.6. The van der Waals surface area contributed by atoms with Crippen molar-refractivity contribution in [2.24, 2.45) is 0 Å². The Morgan fingerprint density at radius 1 is 1.27 bits per heavy atom. The first-order chi connectivity index (χ1) is 10.2. The first-order valence-corrected chi connectivity index (χ1v) is 6.16. The minimum Gasteiger partial charge on any atom is -0.479 e. The number of carboxylic acid groups (broad SMARTS) is 1. The zero-order chi connectivity index (χ0) is 16.6. The van der Waals surface area contributed by atoms with Gasteiger partial charge in [0.2, 0.25) is 0 Å². The standard InChI is InChI=1S/C11H14N2O9/c14-3-1-2-13(11(21)12-3)9-6(17)4(15)8(22-9)5(16)7(18)10(19)20/h1-2,4-9,15-18H,(H,19,20)(H,12,14,21)/t4-,5?,6+,7?,8-,9?/m0/s1. The molecule has 0 aliphatic carbocycles. The third kappa shape index (κ3) is 2.80. The molecule has 1 aromatic rings. The molecule has 2 heterocycles. The van der Waals surface area contributed by atoms with Crippen LogP contribution in [0.5, 0.6) is 0 Å². The van der Waals surface area contributed by atoms with Gasteiger partial charge < -0.3 is 30.3 Å². The molecule has 6 atom stereocenters. The molecule has 6 N–H and O–H groups in total. The second kappa shape index (κ2) is 5.98. The molecule has 1 aliphatic rings. The third-order valence-electron chi connectivity index (χ3n) is 3.31. The van der Waals surface area contributed by atoms with Crippen LogP contribution in [0, 0.1) is 0 Å². The van der Waals surface area contributed by atoms with Crippen LogP contribution in [0.25, 0.3) is 0 Å². The lowest BCUT2D eigenvalue weighted by Crippen LogP contribution is -2.47. The fourth-order valence-corrected chi connectivity index (χ4v) is 2.15. The van der Waals surface area contributed by atoms with Crippen molar-refractivity contribution in [2.75, 3.05) is 0 Å². The number of hydrogen-bond donors (Lipinski definition) is 6. The fourth-order valence-electron chi connectivity index (χ4n) is 2.15. The highest BCUT2D eigenvalue weighted by atomic mass is 16.6. The molecule has 0 spiro atoms. The normalized spacial score (nSPS) is 30.9. The molecule has 0 aromatic carbocycles. The van der Waals surface area contributed by atoms with Gasteiger partial charge in [-0.15, -0.1) is 0 Å². The van der Waals surface area contributed by atoms with E-state index in [1.54, 1.807) is 0 Å². The van der Waals surface area contributed by atoms with E-state index in [0.29, 0.717) is 0 Å². The molecule has 2 rings (SSSR count). The molecule has 122 valence electrons. The smallest absolute Gasteiger partial charge is 0.335 e. The number of aliphatic hydroxyl groups excluding tert-OH is 4. The molecule has 22 heavy (non-hydrogen) atoms. The van der Waals surface area contributed by atoms with E-state index in [1.807, 2.05) is 4.98 Å². The van der Waals surface area contributed by atoms with Gasteiger partial charge in [0.05, 0.1) is 0 Å². The van der Waals surface area contributed by atoms with E-state index in [1.165, 1.54) is 0 Å². The number of carboxylic acids is 1. The summed E-state index contributed by atoms with van der Waals surface area (Å²) in [5.41, 5.74) is -1.62. The molecule has 1 aliphatic heterocycles. The van der Waals surface area contributed by atoms with Crippen LogP contribution >= 0.6 is 0 Å². The Morgan fingerprint density at radius 3 is 2.45 bits per heavy atom. The first-order valence-electron chi connectivity index (χ1n) is 6.16. The van der Waals surface area contributed by atoms with Crippen molar-refractivity contribution in [2.45, 2.75) is 36.7 Å². The SMILES string of the molecule is O=C(O)C(O)C(O)[C@H]1OC(n2ccc(=O)[nH]c2=O)[C@H](O)[C@@H]1O. The van der Waals surface area contributed by atoms with Crippen molar-refractivity contribution in [1.29, 1.82) is 0 Å². The Morgan fingerprint density at radius 2 is 1.91 bits per heavy atom. The number of aliphatic hydroxyl groups is 4. The highest BCUT2D eigenvalue weighted by Gasteiger charge is 2.49. The summed E-state index contributed by atoms with van der Waals surface area (Å²) >= 11 is 0. The molecule has 0 radical (unpaired) electrons. The Bertz CT molecular complexity index is 668. The third-order valence-corrected chi connectivity index (χ3v) is 3.31. The van der Waals surface area contributed by atoms with Gasteiger partial charge in [-0.05, 0) is 0 Å². The van der Waals surface area contributed by atoms with Crippen LogP contribution in [-0.4, -0.2) is 71.6 Å². The largest absolute Gasteiger partial charge is 0.479 e. The maximum absolute atomic E-state index is 11.6. The lowest BCUT2D eigenvalue weighted by molar-refractivity contribution is -0.165. The van der Waals surface area contributed by atoms with Gasteiger partial charge in [-0.2, -0.15) is 0 Å². The lowest BCUT2D eigenvalue weighted by Gasteiger charge is -2.22. The number of nitrogens with zero attached hydrogens (tertiary/aromatic N) is 1. The summed E-state index contributed by atoms with van der Waals surface area (Å²) < 4.78 is 5.85. The predicted molar refractivity (Wildman–Crippen MR) is 66.9 cm³/mol. The van der Waals surface area contributed by atoms with Crippen LogP contribution in [0.3, 0.4) is 0 Å². The summed E-state index contributed by atoms with van der Waals surface area (Å²) in [7, 11) is 0. The molecule has 1 fully saturated rings. The van der Waals surface area contributed by atoms with Gasteiger partial charge in [-0.1, -0.05) is 0 Å². The van der Waals surface area contributed by atoms with Crippen LogP contribution in [0.1, 0.15) is 6.23 Å². The van der Waals surface area contributed by atoms with E-state index in [9.17, 15) is 34.8 Å². The minimum atomic E-state index is -2.25. The van der Waals surface area contributed by atoms with Crippen molar-refractivity contribution in [3.05, 3.63) is 33.1 Å². The monoisotopic (exact) mass is 318 g/mol. The van der Waals surface area contributed by atoms with Gasteiger partial charge in [-0.25, -0.2) is 9.59 Å². The van der Waals surface area contributed by atoms with Crippen molar-refractivity contribution in [3.63, 3.8) is 0 Å². The Labute approximate surface area is 121 Å². The van der Waals surface area contributed by atoms with E-state index >= 15 is 0 Å². The van der Waals surface area contributed by atoms with Gasteiger partial charge in [0.25, 0.3) is 5.56 Å². The molecule has 1 aromatic heterocycles. The van der Waals surface area contributed by atoms with Crippen LogP contribution in [-0.2, 0) is 9.53 Å². The number of hydrogen-bond acceptors (Lipinski definition) is 8. The van der Waals surface area contributed by atoms with E-state index in [4.69, 9.17) is 9.84 Å². The molecule has 0 saturated carbocycles. The quantitative estimate of drug-likeness (QED) is 0.322. The van der Waals surface area contributed by atoms with E-state index in [2.05, 4.69) is 0 Å². The van der Waals surface area contributed by atoms with Crippen molar-refractivity contribution in [3.8, 4) is 0 Å². The molecule has 0 amide bonds. The van der Waals surface area contributed by atoms with Crippen molar-refractivity contribution >= 4 is 5.97 Å². The van der Waals surface area contributed by atoms with Crippen LogP contribution in [0.4, 0.5) is 0 Å². The average molecular weight is 318 g/mol. The summed E-state index contributed by atoms with van der Waals surface area (Å²) in [5, 5.41) is 47.3. The van der Waals surface area contributed by atoms with E-state index in [0.717, 1.165) is 16.8 Å². The zero-order valence-corrected chi connectivity index (χ0v) is 10.9. The summed E-state index contributed by atoms with van der Waals surface area (Å²) in [5.74, 6) is -1.75. The number of nitrogens with one attached hydrogen (secondary N) is 1. The zero-order valence-electron chi connectivity index (χ0n) is 10.9. The fraction of sp³-hybridized carbons (Fsp3) is 0.545. The lowest BCUT2D eigenvalue weighted by atomic mass is 10.0. The number of aliphatic carboxylic acids is 1. The van der Waals surface area contributed by atoms with E-state index in [-0.39, 0.29) is 0 Å². The van der Waals surface area contributed by atoms with Gasteiger partial charge in [-0.3, -0.25) is 14.3 Å². The van der Waals surface area contributed by atoms with Crippen LogP contribution < -0.4 is 11.2 Å². The number of ether oxygens (including phenoxy) is 1. The number of aromatic amines is 1. The second-order valence-electron chi connectivity index (χ2n) is 4.76. The molecule has 1 saturated heterocycles. The first kappa shape index (κ1) is 16.3. The summed E-state index contributed by atoms with van der Waals surface area (Å²) in [4.78, 5) is 35.1. The average Bonchev–Trinajstić information content (AvgIpc) is 2.74.